The highest BCUT2D eigenvalue weighted by atomic mass is 16.4. The van der Waals surface area contributed by atoms with Crippen molar-refractivity contribution in [3.63, 3.8) is 0 Å². The molecule has 1 aromatic carbocycles. The van der Waals surface area contributed by atoms with E-state index in [1.54, 1.807) is 0 Å². The van der Waals surface area contributed by atoms with Crippen LogP contribution in [-0.4, -0.2) is 29.2 Å². The molecule has 0 unspecified atom stereocenters. The number of hydrogen-bond donors (Lipinski definition) is 2. The number of carboxylic acid groups (broad SMARTS) is 1. The topological polar surface area (TPSA) is 66.6 Å². The molecule has 0 bridgehead atoms. The number of rotatable bonds is 2. The van der Waals surface area contributed by atoms with Gasteiger partial charge >= 0.3 is 6.09 Å². The van der Waals surface area contributed by atoms with Gasteiger partial charge in [0.25, 0.3) is 0 Å². The van der Waals surface area contributed by atoms with E-state index < -0.39 is 6.09 Å². The summed E-state index contributed by atoms with van der Waals surface area (Å²) in [6.07, 6.45) is 1.94. The molecule has 0 saturated carbocycles. The molecular formula is C14H20N2O2. The molecule has 4 nitrogen and oxygen atoms in total. The number of anilines is 1. The Morgan fingerprint density at radius 2 is 2.11 bits per heavy atom. The van der Waals surface area contributed by atoms with Crippen LogP contribution in [0.25, 0.3) is 0 Å². The zero-order valence-electron chi connectivity index (χ0n) is 10.7. The van der Waals surface area contributed by atoms with E-state index >= 15 is 0 Å². The Kier molecular flexibility index (Phi) is 3.75. The molecule has 0 radical (unpaired) electrons. The summed E-state index contributed by atoms with van der Waals surface area (Å²) >= 11 is 0. The van der Waals surface area contributed by atoms with Gasteiger partial charge in [-0.25, -0.2) is 4.79 Å². The molecule has 1 aliphatic heterocycles. The van der Waals surface area contributed by atoms with Crippen LogP contribution in [0.5, 0.6) is 0 Å². The normalized spacial score (nSPS) is 16.8. The van der Waals surface area contributed by atoms with E-state index in [0.29, 0.717) is 19.0 Å². The van der Waals surface area contributed by atoms with Gasteiger partial charge in [0.1, 0.15) is 0 Å². The number of nitrogens with zero attached hydrogens (tertiary/aromatic N) is 1. The van der Waals surface area contributed by atoms with E-state index in [2.05, 4.69) is 19.1 Å². The van der Waals surface area contributed by atoms with Crippen LogP contribution in [0.3, 0.4) is 0 Å². The van der Waals surface area contributed by atoms with Gasteiger partial charge in [0, 0.05) is 18.8 Å². The highest BCUT2D eigenvalue weighted by molar-refractivity contribution is 5.65. The fourth-order valence-corrected chi connectivity index (χ4v) is 2.59. The maximum Gasteiger partial charge on any atom is 0.407 e. The number of piperidine rings is 1. The molecule has 0 aromatic heterocycles. The number of nitrogen functional groups attached to an aromatic ring is 1. The van der Waals surface area contributed by atoms with E-state index in [-0.39, 0.29) is 0 Å². The van der Waals surface area contributed by atoms with Crippen LogP contribution in [0.2, 0.25) is 0 Å². The Balaban J connectivity index is 2.07. The Hall–Kier alpha value is -1.71. The lowest BCUT2D eigenvalue weighted by Gasteiger charge is -2.30. The second-order valence-electron chi connectivity index (χ2n) is 4.86. The molecular weight excluding hydrogens is 228 g/mol. The summed E-state index contributed by atoms with van der Waals surface area (Å²) in [7, 11) is 0. The third-order valence-electron chi connectivity index (χ3n) is 3.78. The van der Waals surface area contributed by atoms with E-state index in [9.17, 15) is 4.79 Å². The summed E-state index contributed by atoms with van der Waals surface area (Å²) < 4.78 is 0. The highest BCUT2D eigenvalue weighted by Crippen LogP contribution is 2.30. The van der Waals surface area contributed by atoms with Crippen molar-refractivity contribution in [1.82, 2.24) is 4.90 Å². The van der Waals surface area contributed by atoms with Crippen LogP contribution in [0.1, 0.15) is 36.8 Å². The average molecular weight is 248 g/mol. The Labute approximate surface area is 107 Å². The molecule has 1 aliphatic rings. The molecule has 3 N–H and O–H groups in total. The minimum Gasteiger partial charge on any atom is -0.465 e. The molecule has 98 valence electrons. The molecule has 1 saturated heterocycles. The maximum absolute atomic E-state index is 10.9. The molecule has 4 heteroatoms. The van der Waals surface area contributed by atoms with Crippen LogP contribution in [0.4, 0.5) is 10.5 Å². The highest BCUT2D eigenvalue weighted by Gasteiger charge is 2.23. The standard InChI is InChI=1S/C14H20N2O2/c1-2-10-9-12(3-4-13(10)15)11-5-7-16(8-6-11)14(17)18/h3-4,9,11H,2,5-8,15H2,1H3,(H,17,18). The summed E-state index contributed by atoms with van der Waals surface area (Å²) in [6.45, 7) is 3.36. The lowest BCUT2D eigenvalue weighted by atomic mass is 9.88. The van der Waals surface area contributed by atoms with Gasteiger partial charge in [-0.05, 0) is 42.4 Å². The minimum atomic E-state index is -0.806. The summed E-state index contributed by atoms with van der Waals surface area (Å²) in [4.78, 5) is 12.3. The van der Waals surface area contributed by atoms with Gasteiger partial charge in [-0.15, -0.1) is 0 Å². The third kappa shape index (κ3) is 2.58. The molecule has 1 heterocycles. The van der Waals surface area contributed by atoms with Gasteiger partial charge in [-0.1, -0.05) is 19.1 Å². The van der Waals surface area contributed by atoms with Gasteiger partial charge in [0.2, 0.25) is 0 Å². The van der Waals surface area contributed by atoms with E-state index in [0.717, 1.165) is 24.9 Å². The van der Waals surface area contributed by atoms with Crippen molar-refractivity contribution < 1.29 is 9.90 Å². The first-order valence-electron chi connectivity index (χ1n) is 6.48. The Morgan fingerprint density at radius 3 is 2.67 bits per heavy atom. The quantitative estimate of drug-likeness (QED) is 0.791. The number of carbonyl (C=O) groups is 1. The van der Waals surface area contributed by atoms with E-state index in [1.807, 2.05) is 6.07 Å². The van der Waals surface area contributed by atoms with Crippen LogP contribution >= 0.6 is 0 Å². The summed E-state index contributed by atoms with van der Waals surface area (Å²) in [6, 6.07) is 6.23. The van der Waals surface area contributed by atoms with Crippen molar-refractivity contribution in [3.8, 4) is 0 Å². The lowest BCUT2D eigenvalue weighted by molar-refractivity contribution is 0.132. The molecule has 0 atom stereocenters. The largest absolute Gasteiger partial charge is 0.465 e. The molecule has 18 heavy (non-hydrogen) atoms. The zero-order chi connectivity index (χ0) is 13.1. The van der Waals surface area contributed by atoms with Gasteiger partial charge in [0.15, 0.2) is 0 Å². The Morgan fingerprint density at radius 1 is 1.44 bits per heavy atom. The van der Waals surface area contributed by atoms with Gasteiger partial charge in [-0.3, -0.25) is 0 Å². The molecule has 0 spiro atoms. The molecule has 0 aliphatic carbocycles. The summed E-state index contributed by atoms with van der Waals surface area (Å²) in [5, 5.41) is 8.92. The van der Waals surface area contributed by atoms with Crippen molar-refractivity contribution in [3.05, 3.63) is 29.3 Å². The van der Waals surface area contributed by atoms with Crippen molar-refractivity contribution in [2.45, 2.75) is 32.1 Å². The van der Waals surface area contributed by atoms with Crippen molar-refractivity contribution in [2.24, 2.45) is 0 Å². The SMILES string of the molecule is CCc1cc(C2CCN(C(=O)O)CC2)ccc1N. The second kappa shape index (κ2) is 5.29. The van der Waals surface area contributed by atoms with E-state index in [4.69, 9.17) is 10.8 Å². The van der Waals surface area contributed by atoms with Crippen molar-refractivity contribution in [1.29, 1.82) is 0 Å². The monoisotopic (exact) mass is 248 g/mol. The van der Waals surface area contributed by atoms with Gasteiger partial charge < -0.3 is 15.7 Å². The second-order valence-corrected chi connectivity index (χ2v) is 4.86. The zero-order valence-corrected chi connectivity index (χ0v) is 10.7. The van der Waals surface area contributed by atoms with Gasteiger partial charge in [0.05, 0.1) is 0 Å². The first-order chi connectivity index (χ1) is 8.61. The Bertz CT molecular complexity index is 437. The summed E-state index contributed by atoms with van der Waals surface area (Å²) in [5.74, 6) is 0.464. The number of hydrogen-bond acceptors (Lipinski definition) is 2. The molecule has 1 fully saturated rings. The van der Waals surface area contributed by atoms with Crippen molar-refractivity contribution in [2.75, 3.05) is 18.8 Å². The van der Waals surface area contributed by atoms with Crippen LogP contribution < -0.4 is 5.73 Å². The molecule has 2 rings (SSSR count). The summed E-state index contributed by atoms with van der Waals surface area (Å²) in [5.41, 5.74) is 9.24. The third-order valence-corrected chi connectivity index (χ3v) is 3.78. The maximum atomic E-state index is 10.9. The molecule has 1 aromatic rings. The number of benzene rings is 1. The first-order valence-corrected chi connectivity index (χ1v) is 6.48. The first kappa shape index (κ1) is 12.7. The average Bonchev–Trinajstić information content (AvgIpc) is 2.39. The van der Waals surface area contributed by atoms with Crippen molar-refractivity contribution >= 4 is 11.8 Å². The number of nitrogens with two attached hydrogens (primary N) is 1. The fraction of sp³-hybridized carbons (Fsp3) is 0.500. The minimum absolute atomic E-state index is 0.464. The molecule has 1 amide bonds. The lowest BCUT2D eigenvalue weighted by Crippen LogP contribution is -2.36. The van der Waals surface area contributed by atoms with Gasteiger partial charge in [-0.2, -0.15) is 0 Å². The van der Waals surface area contributed by atoms with Crippen LogP contribution in [-0.2, 0) is 6.42 Å². The number of aryl methyl sites for hydroxylation is 1. The number of likely N-dealkylation sites (tertiary alicyclic amines) is 1. The smallest absolute Gasteiger partial charge is 0.407 e. The predicted octanol–water partition coefficient (Wildman–Crippen LogP) is 2.69. The number of amides is 1. The van der Waals surface area contributed by atoms with Crippen LogP contribution in [0.15, 0.2) is 18.2 Å². The predicted molar refractivity (Wildman–Crippen MR) is 71.8 cm³/mol. The van der Waals surface area contributed by atoms with Crippen LogP contribution in [0, 0.1) is 0 Å². The van der Waals surface area contributed by atoms with E-state index in [1.165, 1.54) is 16.0 Å². The fourth-order valence-electron chi connectivity index (χ4n) is 2.59.